The Labute approximate surface area is 156 Å². The summed E-state index contributed by atoms with van der Waals surface area (Å²) >= 11 is 0. The predicted molar refractivity (Wildman–Crippen MR) is 104 cm³/mol. The summed E-state index contributed by atoms with van der Waals surface area (Å²) in [7, 11) is 0. The largest absolute Gasteiger partial charge is 0.336 e. The van der Waals surface area contributed by atoms with Gasteiger partial charge in [-0.3, -0.25) is 14.5 Å². The van der Waals surface area contributed by atoms with Crippen LogP contribution in [0.2, 0.25) is 0 Å². The third-order valence-electron chi connectivity index (χ3n) is 5.69. The van der Waals surface area contributed by atoms with Crippen molar-refractivity contribution in [3.05, 3.63) is 29.8 Å². The first kappa shape index (κ1) is 18.9. The maximum absolute atomic E-state index is 12.7. The van der Waals surface area contributed by atoms with E-state index in [0.717, 1.165) is 37.8 Å². The number of carbonyl (C=O) groups excluding carboxylic acids is 2. The third-order valence-corrected chi connectivity index (χ3v) is 5.69. The van der Waals surface area contributed by atoms with E-state index >= 15 is 0 Å². The lowest BCUT2D eigenvalue weighted by atomic mass is 9.87. The molecule has 1 aliphatic heterocycles. The molecule has 1 aromatic rings. The monoisotopic (exact) mass is 357 g/mol. The third kappa shape index (κ3) is 5.31. The van der Waals surface area contributed by atoms with Crippen LogP contribution in [0.1, 0.15) is 55.8 Å². The molecular weight excluding hydrogens is 326 g/mol. The van der Waals surface area contributed by atoms with Crippen molar-refractivity contribution < 1.29 is 9.59 Å². The lowest BCUT2D eigenvalue weighted by molar-refractivity contribution is -0.114. The van der Waals surface area contributed by atoms with E-state index in [2.05, 4.69) is 10.2 Å². The highest BCUT2D eigenvalue weighted by Gasteiger charge is 2.23. The van der Waals surface area contributed by atoms with Gasteiger partial charge in [-0.05, 0) is 43.1 Å². The van der Waals surface area contributed by atoms with Gasteiger partial charge in [0.15, 0.2) is 0 Å². The van der Waals surface area contributed by atoms with Crippen LogP contribution in [0.25, 0.3) is 0 Å². The van der Waals surface area contributed by atoms with Gasteiger partial charge >= 0.3 is 0 Å². The fourth-order valence-electron chi connectivity index (χ4n) is 4.10. The molecule has 5 heteroatoms. The molecular formula is C21H31N3O2. The molecule has 2 aliphatic rings. The van der Waals surface area contributed by atoms with Crippen molar-refractivity contribution in [3.8, 4) is 0 Å². The zero-order valence-corrected chi connectivity index (χ0v) is 15.9. The van der Waals surface area contributed by atoms with Crippen LogP contribution in [0, 0.1) is 5.92 Å². The summed E-state index contributed by atoms with van der Waals surface area (Å²) in [5, 5.41) is 2.73. The number of hydrogen-bond donors (Lipinski definition) is 1. The van der Waals surface area contributed by atoms with Crippen LogP contribution in [-0.4, -0.2) is 54.3 Å². The highest BCUT2D eigenvalue weighted by Crippen LogP contribution is 2.26. The standard InChI is InChI=1S/C21H31N3O2/c1-17(25)22-20-9-7-19(8-10-20)21(26)24-15-13-23(14-16-24)12-11-18-5-3-2-4-6-18/h7-10,18H,2-6,11-16H2,1H3,(H,22,25). The number of carbonyl (C=O) groups is 2. The van der Waals surface area contributed by atoms with E-state index in [9.17, 15) is 9.59 Å². The van der Waals surface area contributed by atoms with Crippen LogP contribution < -0.4 is 5.32 Å². The molecule has 1 N–H and O–H groups in total. The van der Waals surface area contributed by atoms with E-state index < -0.39 is 0 Å². The number of amides is 2. The topological polar surface area (TPSA) is 52.7 Å². The first-order valence-electron chi connectivity index (χ1n) is 10.0. The molecule has 0 bridgehead atoms. The number of rotatable bonds is 5. The zero-order chi connectivity index (χ0) is 18.4. The number of nitrogens with zero attached hydrogens (tertiary/aromatic N) is 2. The Morgan fingerprint density at radius 3 is 2.27 bits per heavy atom. The number of nitrogens with one attached hydrogen (secondary N) is 1. The lowest BCUT2D eigenvalue weighted by Crippen LogP contribution is -2.49. The smallest absolute Gasteiger partial charge is 0.253 e. The Morgan fingerprint density at radius 1 is 1.00 bits per heavy atom. The average Bonchev–Trinajstić information content (AvgIpc) is 2.67. The molecule has 1 saturated heterocycles. The Kier molecular flexibility index (Phi) is 6.67. The average molecular weight is 357 g/mol. The van der Waals surface area contributed by atoms with Gasteiger partial charge < -0.3 is 10.2 Å². The molecule has 1 heterocycles. The maximum Gasteiger partial charge on any atom is 0.253 e. The molecule has 0 unspecified atom stereocenters. The Morgan fingerprint density at radius 2 is 1.65 bits per heavy atom. The van der Waals surface area contributed by atoms with Crippen LogP contribution in [0.4, 0.5) is 5.69 Å². The van der Waals surface area contributed by atoms with E-state index in [-0.39, 0.29) is 11.8 Å². The van der Waals surface area contributed by atoms with Crippen molar-refractivity contribution in [1.29, 1.82) is 0 Å². The molecule has 1 aliphatic carbocycles. The van der Waals surface area contributed by atoms with Crippen molar-refractivity contribution in [1.82, 2.24) is 9.80 Å². The van der Waals surface area contributed by atoms with E-state index in [0.29, 0.717) is 5.56 Å². The van der Waals surface area contributed by atoms with Gasteiger partial charge in [0.1, 0.15) is 0 Å². The van der Waals surface area contributed by atoms with Crippen LogP contribution in [0.15, 0.2) is 24.3 Å². The molecule has 0 radical (unpaired) electrons. The summed E-state index contributed by atoms with van der Waals surface area (Å²) < 4.78 is 0. The number of piperazine rings is 1. The van der Waals surface area contributed by atoms with Crippen molar-refractivity contribution in [2.75, 3.05) is 38.0 Å². The predicted octanol–water partition coefficient (Wildman–Crippen LogP) is 3.37. The van der Waals surface area contributed by atoms with Crippen LogP contribution in [0.3, 0.4) is 0 Å². The quantitative estimate of drug-likeness (QED) is 0.879. The molecule has 0 spiro atoms. The second-order valence-electron chi connectivity index (χ2n) is 7.69. The van der Waals surface area contributed by atoms with Crippen LogP contribution in [-0.2, 0) is 4.79 Å². The highest BCUT2D eigenvalue weighted by atomic mass is 16.2. The van der Waals surface area contributed by atoms with Gasteiger partial charge in [-0.15, -0.1) is 0 Å². The summed E-state index contributed by atoms with van der Waals surface area (Å²) in [5.41, 5.74) is 1.41. The Hall–Kier alpha value is -1.88. The van der Waals surface area contributed by atoms with Crippen molar-refractivity contribution in [3.63, 3.8) is 0 Å². The molecule has 2 amide bonds. The second-order valence-corrected chi connectivity index (χ2v) is 7.69. The normalized spacial score (nSPS) is 19.3. The molecule has 1 aromatic carbocycles. The summed E-state index contributed by atoms with van der Waals surface area (Å²) in [6.45, 7) is 6.21. The lowest BCUT2D eigenvalue weighted by Gasteiger charge is -2.35. The van der Waals surface area contributed by atoms with Crippen LogP contribution >= 0.6 is 0 Å². The fraction of sp³-hybridized carbons (Fsp3) is 0.619. The summed E-state index contributed by atoms with van der Waals surface area (Å²) in [6, 6.07) is 7.16. The van der Waals surface area contributed by atoms with E-state index in [1.165, 1.54) is 52.0 Å². The van der Waals surface area contributed by atoms with Gasteiger partial charge in [0.05, 0.1) is 0 Å². The van der Waals surface area contributed by atoms with Gasteiger partial charge in [-0.2, -0.15) is 0 Å². The number of anilines is 1. The minimum absolute atomic E-state index is 0.0892. The van der Waals surface area contributed by atoms with Crippen LogP contribution in [0.5, 0.6) is 0 Å². The molecule has 1 saturated carbocycles. The summed E-state index contributed by atoms with van der Waals surface area (Å²) in [5.74, 6) is 0.908. The molecule has 142 valence electrons. The molecule has 3 rings (SSSR count). The van der Waals surface area contributed by atoms with Gasteiger partial charge in [-0.1, -0.05) is 32.1 Å². The number of hydrogen-bond acceptors (Lipinski definition) is 3. The second kappa shape index (κ2) is 9.17. The van der Waals surface area contributed by atoms with E-state index in [1.54, 1.807) is 24.3 Å². The molecule has 0 aromatic heterocycles. The maximum atomic E-state index is 12.7. The summed E-state index contributed by atoms with van der Waals surface area (Å²) in [6.07, 6.45) is 8.38. The van der Waals surface area contributed by atoms with Crippen molar-refractivity contribution in [2.45, 2.75) is 45.4 Å². The summed E-state index contributed by atoms with van der Waals surface area (Å²) in [4.78, 5) is 28.2. The van der Waals surface area contributed by atoms with E-state index in [4.69, 9.17) is 0 Å². The molecule has 26 heavy (non-hydrogen) atoms. The van der Waals surface area contributed by atoms with Gasteiger partial charge in [-0.25, -0.2) is 0 Å². The molecule has 0 atom stereocenters. The van der Waals surface area contributed by atoms with Gasteiger partial charge in [0.25, 0.3) is 5.91 Å². The SMILES string of the molecule is CC(=O)Nc1ccc(C(=O)N2CCN(CCC3CCCCC3)CC2)cc1. The minimum Gasteiger partial charge on any atom is -0.336 e. The van der Waals surface area contributed by atoms with Crippen molar-refractivity contribution in [2.24, 2.45) is 5.92 Å². The fourth-order valence-corrected chi connectivity index (χ4v) is 4.10. The van der Waals surface area contributed by atoms with E-state index in [1.807, 2.05) is 4.90 Å². The Bertz CT molecular complexity index is 600. The minimum atomic E-state index is -0.103. The van der Waals surface area contributed by atoms with Crippen molar-refractivity contribution >= 4 is 17.5 Å². The first-order valence-corrected chi connectivity index (χ1v) is 10.0. The molecule has 5 nitrogen and oxygen atoms in total. The molecule has 2 fully saturated rings. The highest BCUT2D eigenvalue weighted by molar-refractivity contribution is 5.95. The Balaban J connectivity index is 1.43. The zero-order valence-electron chi connectivity index (χ0n) is 15.9. The first-order chi connectivity index (χ1) is 12.6. The number of benzene rings is 1. The van der Waals surface area contributed by atoms with Gasteiger partial charge in [0.2, 0.25) is 5.91 Å². The van der Waals surface area contributed by atoms with Gasteiger partial charge in [0, 0.05) is 44.4 Å².